The van der Waals surface area contributed by atoms with Crippen molar-refractivity contribution in [2.24, 2.45) is 0 Å². The molecule has 0 N–H and O–H groups in total. The number of nitrogens with zero attached hydrogens (tertiary/aromatic N) is 2. The Labute approximate surface area is 131 Å². The van der Waals surface area contributed by atoms with E-state index in [0.29, 0.717) is 16.4 Å². The van der Waals surface area contributed by atoms with Gasteiger partial charge in [-0.3, -0.25) is 4.79 Å². The van der Waals surface area contributed by atoms with E-state index in [9.17, 15) is 9.59 Å². The molecule has 21 heavy (non-hydrogen) atoms. The average Bonchev–Trinajstić information content (AvgIpc) is 2.41. The molecule has 0 unspecified atom stereocenters. The number of aryl methyl sites for hydroxylation is 1. The second kappa shape index (κ2) is 6.28. The SMILES string of the molecule is CCOC(=O)c1cc(C)nn(-c2ccc(Cl)cc2Cl)c1=O. The highest BCUT2D eigenvalue weighted by Gasteiger charge is 2.17. The summed E-state index contributed by atoms with van der Waals surface area (Å²) in [6.45, 7) is 3.52. The zero-order chi connectivity index (χ0) is 15.6. The third-order valence-corrected chi connectivity index (χ3v) is 3.20. The summed E-state index contributed by atoms with van der Waals surface area (Å²) in [5.41, 5.74) is 0.155. The van der Waals surface area contributed by atoms with Crippen LogP contribution in [0.15, 0.2) is 29.1 Å². The summed E-state index contributed by atoms with van der Waals surface area (Å²) in [6.07, 6.45) is 0. The zero-order valence-electron chi connectivity index (χ0n) is 11.4. The van der Waals surface area contributed by atoms with Gasteiger partial charge in [-0.15, -0.1) is 0 Å². The minimum Gasteiger partial charge on any atom is -0.462 e. The van der Waals surface area contributed by atoms with Gasteiger partial charge in [0.15, 0.2) is 0 Å². The van der Waals surface area contributed by atoms with Crippen LogP contribution in [0.3, 0.4) is 0 Å². The van der Waals surface area contributed by atoms with Crippen LogP contribution in [0, 0.1) is 6.92 Å². The van der Waals surface area contributed by atoms with E-state index in [0.717, 1.165) is 4.68 Å². The first kappa shape index (κ1) is 15.5. The normalized spacial score (nSPS) is 10.5. The topological polar surface area (TPSA) is 61.2 Å². The molecule has 0 radical (unpaired) electrons. The van der Waals surface area contributed by atoms with Gasteiger partial charge in [0.1, 0.15) is 5.56 Å². The summed E-state index contributed by atoms with van der Waals surface area (Å²) in [5.74, 6) is -0.688. The van der Waals surface area contributed by atoms with Crippen LogP contribution in [0.2, 0.25) is 10.0 Å². The lowest BCUT2D eigenvalue weighted by Gasteiger charge is -2.10. The van der Waals surface area contributed by atoms with Crippen molar-refractivity contribution in [3.63, 3.8) is 0 Å². The molecular formula is C14H12Cl2N2O3. The first-order chi connectivity index (χ1) is 9.93. The van der Waals surface area contributed by atoms with E-state index in [-0.39, 0.29) is 17.2 Å². The number of aromatic nitrogens is 2. The largest absolute Gasteiger partial charge is 0.462 e. The predicted molar refractivity (Wildman–Crippen MR) is 80.5 cm³/mol. The molecule has 0 bridgehead atoms. The van der Waals surface area contributed by atoms with Crippen LogP contribution in [0.4, 0.5) is 0 Å². The molecule has 0 saturated heterocycles. The quantitative estimate of drug-likeness (QED) is 0.813. The molecule has 110 valence electrons. The number of halogens is 2. The first-order valence-electron chi connectivity index (χ1n) is 6.17. The Morgan fingerprint density at radius 1 is 1.33 bits per heavy atom. The van der Waals surface area contributed by atoms with E-state index in [4.69, 9.17) is 27.9 Å². The molecule has 0 amide bonds. The zero-order valence-corrected chi connectivity index (χ0v) is 12.9. The molecule has 0 saturated carbocycles. The number of benzene rings is 1. The Kier molecular flexibility index (Phi) is 4.65. The molecule has 0 atom stereocenters. The monoisotopic (exact) mass is 326 g/mol. The third kappa shape index (κ3) is 3.25. The summed E-state index contributed by atoms with van der Waals surface area (Å²) in [5, 5.41) is 4.81. The van der Waals surface area contributed by atoms with Gasteiger partial charge in [-0.25, -0.2) is 4.79 Å². The van der Waals surface area contributed by atoms with E-state index in [1.807, 2.05) is 0 Å². The highest BCUT2D eigenvalue weighted by atomic mass is 35.5. The summed E-state index contributed by atoms with van der Waals surface area (Å²) in [6, 6.07) is 6.04. The van der Waals surface area contributed by atoms with E-state index in [1.165, 1.54) is 12.1 Å². The Balaban J connectivity index is 2.65. The second-order valence-electron chi connectivity index (χ2n) is 4.23. The lowest BCUT2D eigenvalue weighted by atomic mass is 10.2. The molecule has 1 aromatic heterocycles. The Hall–Kier alpha value is -1.85. The Morgan fingerprint density at radius 2 is 2.05 bits per heavy atom. The summed E-state index contributed by atoms with van der Waals surface area (Å²) >= 11 is 11.9. The molecule has 0 fully saturated rings. The van der Waals surface area contributed by atoms with Crippen molar-refractivity contribution in [3.05, 3.63) is 55.9 Å². The molecule has 2 rings (SSSR count). The van der Waals surface area contributed by atoms with Gasteiger partial charge in [0.05, 0.1) is 23.0 Å². The lowest BCUT2D eigenvalue weighted by molar-refractivity contribution is 0.0523. The van der Waals surface area contributed by atoms with E-state index >= 15 is 0 Å². The predicted octanol–water partition coefficient (Wildman–Crippen LogP) is 3.02. The number of esters is 1. The molecule has 1 aromatic carbocycles. The maximum atomic E-state index is 12.4. The number of ether oxygens (including phenoxy) is 1. The molecule has 2 aromatic rings. The van der Waals surface area contributed by atoms with Gasteiger partial charge in [0.2, 0.25) is 0 Å². The van der Waals surface area contributed by atoms with Crippen molar-refractivity contribution in [1.29, 1.82) is 0 Å². The van der Waals surface area contributed by atoms with Crippen LogP contribution in [-0.2, 0) is 4.74 Å². The number of carbonyl (C=O) groups excluding carboxylic acids is 1. The summed E-state index contributed by atoms with van der Waals surface area (Å²) in [4.78, 5) is 24.2. The highest BCUT2D eigenvalue weighted by molar-refractivity contribution is 6.35. The third-order valence-electron chi connectivity index (χ3n) is 2.67. The average molecular weight is 327 g/mol. The Morgan fingerprint density at radius 3 is 2.67 bits per heavy atom. The second-order valence-corrected chi connectivity index (χ2v) is 5.08. The van der Waals surface area contributed by atoms with Crippen molar-refractivity contribution in [1.82, 2.24) is 9.78 Å². The van der Waals surface area contributed by atoms with Crippen molar-refractivity contribution < 1.29 is 9.53 Å². The minimum atomic E-state index is -0.688. The number of carbonyl (C=O) groups is 1. The lowest BCUT2D eigenvalue weighted by Crippen LogP contribution is -2.29. The van der Waals surface area contributed by atoms with Gasteiger partial charge in [-0.2, -0.15) is 9.78 Å². The van der Waals surface area contributed by atoms with E-state index in [1.54, 1.807) is 26.0 Å². The van der Waals surface area contributed by atoms with Crippen molar-refractivity contribution in [2.45, 2.75) is 13.8 Å². The standard InChI is InChI=1S/C14H12Cl2N2O3/c1-3-21-14(20)10-6-8(2)17-18(13(10)19)12-5-4-9(15)7-11(12)16/h4-7H,3H2,1-2H3. The van der Waals surface area contributed by atoms with Gasteiger partial charge < -0.3 is 4.74 Å². The molecule has 0 aliphatic rings. The van der Waals surface area contributed by atoms with Crippen molar-refractivity contribution in [3.8, 4) is 5.69 Å². The van der Waals surface area contributed by atoms with Gasteiger partial charge >= 0.3 is 5.97 Å². The fourth-order valence-electron chi connectivity index (χ4n) is 1.79. The maximum absolute atomic E-state index is 12.4. The van der Waals surface area contributed by atoms with Gasteiger partial charge in [0.25, 0.3) is 5.56 Å². The van der Waals surface area contributed by atoms with E-state index in [2.05, 4.69) is 5.10 Å². The van der Waals surface area contributed by atoms with Gasteiger partial charge in [0, 0.05) is 5.02 Å². The smallest absolute Gasteiger partial charge is 0.343 e. The van der Waals surface area contributed by atoms with Crippen molar-refractivity contribution >= 4 is 29.2 Å². The molecule has 0 aliphatic carbocycles. The van der Waals surface area contributed by atoms with Crippen LogP contribution >= 0.6 is 23.2 Å². The van der Waals surface area contributed by atoms with Crippen LogP contribution in [0.1, 0.15) is 23.0 Å². The van der Waals surface area contributed by atoms with Crippen LogP contribution in [0.5, 0.6) is 0 Å². The first-order valence-corrected chi connectivity index (χ1v) is 6.93. The van der Waals surface area contributed by atoms with Crippen LogP contribution < -0.4 is 5.56 Å². The van der Waals surface area contributed by atoms with Crippen molar-refractivity contribution in [2.75, 3.05) is 6.61 Å². The molecule has 0 aliphatic heterocycles. The molecule has 1 heterocycles. The molecule has 0 spiro atoms. The van der Waals surface area contributed by atoms with Gasteiger partial charge in [-0.1, -0.05) is 23.2 Å². The maximum Gasteiger partial charge on any atom is 0.343 e. The van der Waals surface area contributed by atoms with Gasteiger partial charge in [-0.05, 0) is 38.1 Å². The van der Waals surface area contributed by atoms with Crippen LogP contribution in [-0.4, -0.2) is 22.4 Å². The van der Waals surface area contributed by atoms with Crippen LogP contribution in [0.25, 0.3) is 5.69 Å². The molecular weight excluding hydrogens is 315 g/mol. The highest BCUT2D eigenvalue weighted by Crippen LogP contribution is 2.23. The number of hydrogen-bond donors (Lipinski definition) is 0. The molecule has 5 nitrogen and oxygen atoms in total. The fraction of sp³-hybridized carbons (Fsp3) is 0.214. The Bertz CT molecular complexity index is 756. The number of hydrogen-bond acceptors (Lipinski definition) is 4. The molecule has 7 heteroatoms. The fourth-order valence-corrected chi connectivity index (χ4v) is 2.28. The summed E-state index contributed by atoms with van der Waals surface area (Å²) < 4.78 is 5.94. The number of rotatable bonds is 3. The minimum absolute atomic E-state index is 0.0876. The van der Waals surface area contributed by atoms with E-state index < -0.39 is 11.5 Å². The summed E-state index contributed by atoms with van der Waals surface area (Å²) in [7, 11) is 0.